The summed E-state index contributed by atoms with van der Waals surface area (Å²) in [4.78, 5) is 8.89. The molecular formula is C14H23NO2. The molecule has 0 bridgehead atoms. The first-order chi connectivity index (χ1) is 8.02. The maximum Gasteiger partial charge on any atom is 0.132 e. The molecule has 3 nitrogen and oxygen atoms in total. The third-order valence-electron chi connectivity index (χ3n) is 3.12. The summed E-state index contributed by atoms with van der Waals surface area (Å²) >= 11 is 0. The molecule has 0 aliphatic rings. The quantitative estimate of drug-likeness (QED) is 0.749. The summed E-state index contributed by atoms with van der Waals surface area (Å²) in [7, 11) is 0. The lowest BCUT2D eigenvalue weighted by Crippen LogP contribution is -2.48. The number of carboxylic acids is 1. The minimum atomic E-state index is -1.08. The van der Waals surface area contributed by atoms with Crippen molar-refractivity contribution in [3.05, 3.63) is 30.3 Å². The van der Waals surface area contributed by atoms with Crippen LogP contribution in [0, 0.1) is 0 Å². The van der Waals surface area contributed by atoms with Crippen LogP contribution in [0.1, 0.15) is 27.7 Å². The van der Waals surface area contributed by atoms with E-state index < -0.39 is 5.97 Å². The Morgan fingerprint density at radius 1 is 1.06 bits per heavy atom. The number of hydrogen-bond acceptors (Lipinski definition) is 2. The molecule has 0 heterocycles. The Morgan fingerprint density at radius 3 is 1.71 bits per heavy atom. The van der Waals surface area contributed by atoms with E-state index in [1.165, 1.54) is 25.3 Å². The van der Waals surface area contributed by atoms with Gasteiger partial charge >= 0.3 is 0 Å². The first kappa shape index (κ1) is 15.7. The van der Waals surface area contributed by atoms with E-state index in [1.807, 2.05) is 0 Å². The van der Waals surface area contributed by atoms with Gasteiger partial charge in [0.05, 0.1) is 19.6 Å². The van der Waals surface area contributed by atoms with Crippen molar-refractivity contribution in [1.82, 2.24) is 4.48 Å². The molecule has 0 saturated carbocycles. The molecule has 96 valence electrons. The topological polar surface area (TPSA) is 40.1 Å². The predicted molar refractivity (Wildman–Crippen MR) is 70.5 cm³/mol. The lowest BCUT2D eigenvalue weighted by Gasteiger charge is -2.35. The van der Waals surface area contributed by atoms with Gasteiger partial charge in [0.25, 0.3) is 0 Å². The SMILES string of the molecule is CC(=O)[O-].CC[N+](CC)(CC)c1ccccc1. The van der Waals surface area contributed by atoms with Crippen LogP contribution >= 0.6 is 0 Å². The van der Waals surface area contributed by atoms with Crippen LogP contribution in [-0.2, 0) is 4.79 Å². The second-order valence-corrected chi connectivity index (χ2v) is 3.92. The first-order valence-electron chi connectivity index (χ1n) is 6.11. The number of benzene rings is 1. The van der Waals surface area contributed by atoms with E-state index in [2.05, 4.69) is 51.1 Å². The highest BCUT2D eigenvalue weighted by molar-refractivity contribution is 5.60. The van der Waals surface area contributed by atoms with Gasteiger partial charge in [-0.3, -0.25) is 4.48 Å². The molecule has 3 heteroatoms. The lowest BCUT2D eigenvalue weighted by atomic mass is 10.2. The summed E-state index contributed by atoms with van der Waals surface area (Å²) in [5.74, 6) is -1.08. The third-order valence-corrected chi connectivity index (χ3v) is 3.12. The van der Waals surface area contributed by atoms with E-state index >= 15 is 0 Å². The van der Waals surface area contributed by atoms with E-state index in [0.717, 1.165) is 11.4 Å². The molecular weight excluding hydrogens is 214 g/mol. The Balaban J connectivity index is 0.000000557. The van der Waals surface area contributed by atoms with Gasteiger partial charge in [0.2, 0.25) is 0 Å². The molecule has 0 aliphatic carbocycles. The van der Waals surface area contributed by atoms with Crippen molar-refractivity contribution >= 4 is 11.7 Å². The summed E-state index contributed by atoms with van der Waals surface area (Å²) in [5, 5.41) is 8.89. The summed E-state index contributed by atoms with van der Waals surface area (Å²) < 4.78 is 1.10. The van der Waals surface area contributed by atoms with Crippen molar-refractivity contribution in [3.8, 4) is 0 Å². The zero-order valence-electron chi connectivity index (χ0n) is 11.3. The Hall–Kier alpha value is -1.35. The number of hydrogen-bond donors (Lipinski definition) is 0. The molecule has 0 atom stereocenters. The fraction of sp³-hybridized carbons (Fsp3) is 0.500. The molecule has 0 radical (unpaired) electrons. The van der Waals surface area contributed by atoms with Gasteiger partial charge in [0, 0.05) is 5.97 Å². The van der Waals surface area contributed by atoms with Crippen LogP contribution in [0.2, 0.25) is 0 Å². The minimum Gasteiger partial charge on any atom is -0.550 e. The first-order valence-corrected chi connectivity index (χ1v) is 6.11. The standard InChI is InChI=1S/C12H20N.C2H4O2/c1-4-13(5-2,6-3)12-10-8-7-9-11-12;1-2(3)4/h7-11H,4-6H2,1-3H3;1H3,(H,3,4)/q+1;/p-1. The molecule has 1 aromatic rings. The molecule has 17 heavy (non-hydrogen) atoms. The monoisotopic (exact) mass is 237 g/mol. The van der Waals surface area contributed by atoms with Gasteiger partial charge in [-0.1, -0.05) is 18.2 Å². The van der Waals surface area contributed by atoms with E-state index in [4.69, 9.17) is 9.90 Å². The smallest absolute Gasteiger partial charge is 0.132 e. The summed E-state index contributed by atoms with van der Waals surface area (Å²) in [5.41, 5.74) is 1.44. The molecule has 0 aromatic heterocycles. The van der Waals surface area contributed by atoms with Crippen LogP contribution < -0.4 is 9.59 Å². The van der Waals surface area contributed by atoms with E-state index in [-0.39, 0.29) is 0 Å². The van der Waals surface area contributed by atoms with Crippen LogP contribution in [0.25, 0.3) is 0 Å². The Bertz CT molecular complexity index is 306. The van der Waals surface area contributed by atoms with E-state index in [1.54, 1.807) is 0 Å². The summed E-state index contributed by atoms with van der Waals surface area (Å²) in [6.07, 6.45) is 0. The number of rotatable bonds is 4. The van der Waals surface area contributed by atoms with Gasteiger partial charge in [-0.25, -0.2) is 0 Å². The number of carbonyl (C=O) groups is 1. The Labute approximate surface area is 104 Å². The van der Waals surface area contributed by atoms with Crippen molar-refractivity contribution in [2.24, 2.45) is 0 Å². The predicted octanol–water partition coefficient (Wildman–Crippen LogP) is 1.81. The molecule has 0 fully saturated rings. The molecule has 1 aromatic carbocycles. The molecule has 0 amide bonds. The van der Waals surface area contributed by atoms with Crippen molar-refractivity contribution in [2.45, 2.75) is 27.7 Å². The number of quaternary nitrogens is 1. The maximum absolute atomic E-state index is 8.89. The molecule has 0 spiro atoms. The van der Waals surface area contributed by atoms with Crippen molar-refractivity contribution in [1.29, 1.82) is 0 Å². The van der Waals surface area contributed by atoms with Crippen LogP contribution in [0.5, 0.6) is 0 Å². The Kier molecular flexibility index (Phi) is 7.22. The summed E-state index contributed by atoms with van der Waals surface area (Å²) in [6, 6.07) is 10.8. The van der Waals surface area contributed by atoms with Crippen molar-refractivity contribution in [2.75, 3.05) is 19.6 Å². The van der Waals surface area contributed by atoms with Crippen LogP contribution in [0.3, 0.4) is 0 Å². The highest BCUT2D eigenvalue weighted by Crippen LogP contribution is 2.21. The van der Waals surface area contributed by atoms with E-state index in [0.29, 0.717) is 0 Å². The van der Waals surface area contributed by atoms with Gasteiger partial charge in [-0.2, -0.15) is 0 Å². The zero-order valence-corrected chi connectivity index (χ0v) is 11.3. The average Bonchev–Trinajstić information content (AvgIpc) is 2.33. The number of carboxylic acid groups (broad SMARTS) is 1. The van der Waals surface area contributed by atoms with Crippen molar-refractivity contribution in [3.63, 3.8) is 0 Å². The molecule has 0 unspecified atom stereocenters. The molecule has 1 rings (SSSR count). The second kappa shape index (κ2) is 7.85. The van der Waals surface area contributed by atoms with Gasteiger partial charge in [-0.05, 0) is 39.8 Å². The molecule has 0 aliphatic heterocycles. The summed E-state index contributed by atoms with van der Waals surface area (Å²) in [6.45, 7) is 11.3. The van der Waals surface area contributed by atoms with Crippen LogP contribution in [0.4, 0.5) is 5.69 Å². The number of para-hydroxylation sites is 1. The largest absolute Gasteiger partial charge is 0.550 e. The van der Waals surface area contributed by atoms with E-state index in [9.17, 15) is 0 Å². The maximum atomic E-state index is 8.89. The second-order valence-electron chi connectivity index (χ2n) is 3.92. The zero-order chi connectivity index (χ0) is 13.3. The fourth-order valence-corrected chi connectivity index (χ4v) is 1.96. The van der Waals surface area contributed by atoms with Crippen molar-refractivity contribution < 1.29 is 9.90 Å². The van der Waals surface area contributed by atoms with Crippen LogP contribution in [-0.4, -0.2) is 25.6 Å². The van der Waals surface area contributed by atoms with Gasteiger partial charge in [0.15, 0.2) is 0 Å². The van der Waals surface area contributed by atoms with Gasteiger partial charge in [-0.15, -0.1) is 0 Å². The fourth-order valence-electron chi connectivity index (χ4n) is 1.96. The Morgan fingerprint density at radius 2 is 1.41 bits per heavy atom. The number of nitrogens with zero attached hydrogens (tertiary/aromatic N) is 1. The average molecular weight is 237 g/mol. The van der Waals surface area contributed by atoms with Crippen LogP contribution in [0.15, 0.2) is 30.3 Å². The van der Waals surface area contributed by atoms with Gasteiger partial charge in [0.1, 0.15) is 5.69 Å². The highest BCUT2D eigenvalue weighted by Gasteiger charge is 2.23. The minimum absolute atomic E-state index is 0.972. The lowest BCUT2D eigenvalue weighted by molar-refractivity contribution is -0.302. The number of carbonyl (C=O) groups excluding carboxylic acids is 1. The highest BCUT2D eigenvalue weighted by atomic mass is 16.4. The normalized spacial score (nSPS) is 10.4. The third kappa shape index (κ3) is 5.00. The van der Waals surface area contributed by atoms with Gasteiger partial charge < -0.3 is 9.90 Å². The molecule has 0 saturated heterocycles. The molecule has 0 N–H and O–H groups in total. The number of aliphatic carboxylic acids is 1.